The lowest BCUT2D eigenvalue weighted by molar-refractivity contribution is 0.299. The summed E-state index contributed by atoms with van der Waals surface area (Å²) in [5.74, 6) is 0.986. The van der Waals surface area contributed by atoms with Crippen molar-refractivity contribution in [2.45, 2.75) is 52.0 Å². The first-order chi connectivity index (χ1) is 8.43. The Morgan fingerprint density at radius 3 is 2.61 bits per heavy atom. The summed E-state index contributed by atoms with van der Waals surface area (Å²) in [5.41, 5.74) is 1.50. The monoisotopic (exact) mass is 249 g/mol. The van der Waals surface area contributed by atoms with Crippen LogP contribution in [-0.2, 0) is 5.41 Å². The van der Waals surface area contributed by atoms with Crippen LogP contribution in [0.4, 0.5) is 0 Å². The molecule has 0 saturated carbocycles. The summed E-state index contributed by atoms with van der Waals surface area (Å²) in [6.45, 7) is 9.65. The average Bonchev–Trinajstić information content (AvgIpc) is 2.33. The second-order valence-corrected chi connectivity index (χ2v) is 5.96. The zero-order valence-corrected chi connectivity index (χ0v) is 12.4. The first kappa shape index (κ1) is 15.0. The first-order valence-corrected chi connectivity index (χ1v) is 6.84. The van der Waals surface area contributed by atoms with Gasteiger partial charge in [-0.05, 0) is 49.9 Å². The van der Waals surface area contributed by atoms with Crippen LogP contribution < -0.4 is 10.1 Å². The molecule has 1 unspecified atom stereocenters. The molecular weight excluding hydrogens is 222 g/mol. The molecule has 1 atom stereocenters. The molecule has 0 aliphatic heterocycles. The summed E-state index contributed by atoms with van der Waals surface area (Å²) in [6, 6.07) is 9.00. The molecule has 2 nitrogen and oxygen atoms in total. The van der Waals surface area contributed by atoms with E-state index in [1.165, 1.54) is 5.56 Å². The third kappa shape index (κ3) is 5.09. The van der Waals surface area contributed by atoms with Crippen LogP contribution in [0.15, 0.2) is 24.3 Å². The Morgan fingerprint density at radius 1 is 1.28 bits per heavy atom. The smallest absolute Gasteiger partial charge is 0.119 e. The van der Waals surface area contributed by atoms with Crippen molar-refractivity contribution in [3.63, 3.8) is 0 Å². The molecule has 2 heteroatoms. The van der Waals surface area contributed by atoms with Crippen molar-refractivity contribution in [3.05, 3.63) is 29.8 Å². The van der Waals surface area contributed by atoms with Gasteiger partial charge in [-0.2, -0.15) is 0 Å². The summed E-state index contributed by atoms with van der Waals surface area (Å²) in [4.78, 5) is 0. The minimum atomic E-state index is 0.181. The van der Waals surface area contributed by atoms with Crippen LogP contribution in [0, 0.1) is 0 Å². The van der Waals surface area contributed by atoms with Gasteiger partial charge in [0.2, 0.25) is 0 Å². The van der Waals surface area contributed by atoms with Crippen molar-refractivity contribution in [1.82, 2.24) is 5.32 Å². The van der Waals surface area contributed by atoms with E-state index in [1.807, 2.05) is 13.1 Å². The molecule has 18 heavy (non-hydrogen) atoms. The molecule has 0 amide bonds. The van der Waals surface area contributed by atoms with Crippen molar-refractivity contribution in [1.29, 1.82) is 0 Å². The SMILES string of the molecule is CNC(C)CCCOc1cccc(C(C)(C)C)c1. The van der Waals surface area contributed by atoms with Crippen LogP contribution in [-0.4, -0.2) is 19.7 Å². The van der Waals surface area contributed by atoms with Crippen LogP contribution in [0.5, 0.6) is 5.75 Å². The molecule has 0 saturated heterocycles. The van der Waals surface area contributed by atoms with Gasteiger partial charge in [0.1, 0.15) is 5.75 Å². The first-order valence-electron chi connectivity index (χ1n) is 6.84. The van der Waals surface area contributed by atoms with E-state index in [1.54, 1.807) is 0 Å². The van der Waals surface area contributed by atoms with Crippen molar-refractivity contribution in [3.8, 4) is 5.75 Å². The molecule has 1 N–H and O–H groups in total. The molecule has 0 bridgehead atoms. The van der Waals surface area contributed by atoms with Gasteiger partial charge >= 0.3 is 0 Å². The number of benzene rings is 1. The maximum absolute atomic E-state index is 5.81. The van der Waals surface area contributed by atoms with Crippen molar-refractivity contribution < 1.29 is 4.74 Å². The summed E-state index contributed by atoms with van der Waals surface area (Å²) in [5, 5.41) is 3.24. The highest BCUT2D eigenvalue weighted by Crippen LogP contribution is 2.25. The number of rotatable bonds is 6. The van der Waals surface area contributed by atoms with Gasteiger partial charge in [0.15, 0.2) is 0 Å². The second-order valence-electron chi connectivity index (χ2n) is 5.96. The van der Waals surface area contributed by atoms with E-state index in [0.29, 0.717) is 6.04 Å². The van der Waals surface area contributed by atoms with E-state index in [2.05, 4.69) is 51.2 Å². The molecule has 1 aromatic rings. The van der Waals surface area contributed by atoms with Crippen molar-refractivity contribution in [2.75, 3.05) is 13.7 Å². The van der Waals surface area contributed by atoms with Crippen molar-refractivity contribution in [2.24, 2.45) is 0 Å². The van der Waals surface area contributed by atoms with Gasteiger partial charge in [0, 0.05) is 6.04 Å². The normalized spacial score (nSPS) is 13.4. The topological polar surface area (TPSA) is 21.3 Å². The Bertz CT molecular complexity index is 354. The third-order valence-electron chi connectivity index (χ3n) is 3.24. The fourth-order valence-corrected chi connectivity index (χ4v) is 1.78. The minimum absolute atomic E-state index is 0.181. The molecule has 0 aliphatic carbocycles. The highest BCUT2D eigenvalue weighted by Gasteiger charge is 2.13. The molecule has 0 aliphatic rings. The number of hydrogen-bond donors (Lipinski definition) is 1. The lowest BCUT2D eigenvalue weighted by atomic mass is 9.87. The lowest BCUT2D eigenvalue weighted by Gasteiger charge is -2.19. The van der Waals surface area contributed by atoms with Gasteiger partial charge in [-0.15, -0.1) is 0 Å². The Hall–Kier alpha value is -1.02. The van der Waals surface area contributed by atoms with E-state index in [0.717, 1.165) is 25.2 Å². The highest BCUT2D eigenvalue weighted by atomic mass is 16.5. The van der Waals surface area contributed by atoms with E-state index in [4.69, 9.17) is 4.74 Å². The third-order valence-corrected chi connectivity index (χ3v) is 3.24. The highest BCUT2D eigenvalue weighted by molar-refractivity contribution is 5.32. The number of ether oxygens (including phenoxy) is 1. The predicted octanol–water partition coefficient (Wildman–Crippen LogP) is 3.75. The largest absolute Gasteiger partial charge is 0.494 e. The van der Waals surface area contributed by atoms with E-state index in [9.17, 15) is 0 Å². The minimum Gasteiger partial charge on any atom is -0.494 e. The molecule has 0 spiro atoms. The van der Waals surface area contributed by atoms with Crippen molar-refractivity contribution >= 4 is 0 Å². The summed E-state index contributed by atoms with van der Waals surface area (Å²) >= 11 is 0. The maximum Gasteiger partial charge on any atom is 0.119 e. The Kier molecular flexibility index (Phi) is 5.67. The van der Waals surface area contributed by atoms with Gasteiger partial charge in [-0.3, -0.25) is 0 Å². The fourth-order valence-electron chi connectivity index (χ4n) is 1.78. The number of hydrogen-bond acceptors (Lipinski definition) is 2. The van der Waals surface area contributed by atoms with E-state index in [-0.39, 0.29) is 5.41 Å². The molecule has 0 aromatic heterocycles. The zero-order valence-electron chi connectivity index (χ0n) is 12.4. The van der Waals surface area contributed by atoms with E-state index < -0.39 is 0 Å². The molecule has 0 radical (unpaired) electrons. The standard InChI is InChI=1S/C16H27NO/c1-13(17-5)8-7-11-18-15-10-6-9-14(12-15)16(2,3)4/h6,9-10,12-13,17H,7-8,11H2,1-5H3. The van der Waals surface area contributed by atoms with Gasteiger partial charge in [-0.25, -0.2) is 0 Å². The molecule has 1 aromatic carbocycles. The molecule has 0 heterocycles. The van der Waals surface area contributed by atoms with Gasteiger partial charge in [0.05, 0.1) is 6.61 Å². The predicted molar refractivity (Wildman–Crippen MR) is 78.4 cm³/mol. The van der Waals surface area contributed by atoms with Gasteiger partial charge in [-0.1, -0.05) is 32.9 Å². The second kappa shape index (κ2) is 6.79. The van der Waals surface area contributed by atoms with Crippen LogP contribution in [0.1, 0.15) is 46.1 Å². The van der Waals surface area contributed by atoms with E-state index >= 15 is 0 Å². The summed E-state index contributed by atoms with van der Waals surface area (Å²) < 4.78 is 5.81. The number of nitrogens with one attached hydrogen (secondary N) is 1. The van der Waals surface area contributed by atoms with Gasteiger partial charge < -0.3 is 10.1 Å². The quantitative estimate of drug-likeness (QED) is 0.775. The maximum atomic E-state index is 5.81. The van der Waals surface area contributed by atoms with Crippen LogP contribution in [0.3, 0.4) is 0 Å². The molecule has 0 fully saturated rings. The Labute approximate surface area is 112 Å². The average molecular weight is 249 g/mol. The Balaban J connectivity index is 2.43. The van der Waals surface area contributed by atoms with Crippen LogP contribution >= 0.6 is 0 Å². The van der Waals surface area contributed by atoms with Crippen LogP contribution in [0.2, 0.25) is 0 Å². The van der Waals surface area contributed by atoms with Gasteiger partial charge in [0.25, 0.3) is 0 Å². The fraction of sp³-hybridized carbons (Fsp3) is 0.625. The summed E-state index contributed by atoms with van der Waals surface area (Å²) in [7, 11) is 2.00. The summed E-state index contributed by atoms with van der Waals surface area (Å²) in [6.07, 6.45) is 2.23. The molecular formula is C16H27NO. The molecule has 1 rings (SSSR count). The lowest BCUT2D eigenvalue weighted by Crippen LogP contribution is -2.21. The zero-order chi connectivity index (χ0) is 13.6. The Morgan fingerprint density at radius 2 is 2.00 bits per heavy atom. The molecule has 102 valence electrons. The van der Waals surface area contributed by atoms with Crippen LogP contribution in [0.25, 0.3) is 0 Å².